The van der Waals surface area contributed by atoms with Gasteiger partial charge in [-0.2, -0.15) is 11.3 Å². The van der Waals surface area contributed by atoms with Crippen molar-refractivity contribution in [3.8, 4) is 12.3 Å². The van der Waals surface area contributed by atoms with Gasteiger partial charge in [0.2, 0.25) is 5.91 Å². The molecule has 1 N–H and O–H groups in total. The second-order valence-electron chi connectivity index (χ2n) is 4.12. The molecule has 0 aliphatic heterocycles. The fraction of sp³-hybridized carbons (Fsp3) is 0.385. The molecule has 5 nitrogen and oxygen atoms in total. The molecule has 0 aromatic carbocycles. The summed E-state index contributed by atoms with van der Waals surface area (Å²) >= 11 is 1.57. The first kappa shape index (κ1) is 15.2. The molecule has 1 aromatic rings. The smallest absolute Gasteiger partial charge is 0.317 e. The molecule has 102 valence electrons. The molecule has 0 unspecified atom stereocenters. The monoisotopic (exact) mass is 280 g/mol. The van der Waals surface area contributed by atoms with Crippen molar-refractivity contribution in [1.29, 1.82) is 0 Å². The zero-order valence-corrected chi connectivity index (χ0v) is 11.5. The lowest BCUT2D eigenvalue weighted by molar-refractivity contribution is -0.139. The van der Waals surface area contributed by atoms with Crippen molar-refractivity contribution in [3.63, 3.8) is 0 Å². The number of aliphatic carboxylic acids is 1. The molecule has 0 fully saturated rings. The molecule has 1 heterocycles. The first-order chi connectivity index (χ1) is 9.02. The van der Waals surface area contributed by atoms with E-state index in [1.165, 1.54) is 4.90 Å². The molecule has 0 radical (unpaired) electrons. The Morgan fingerprint density at radius 3 is 2.74 bits per heavy atom. The van der Waals surface area contributed by atoms with Crippen molar-refractivity contribution in [2.45, 2.75) is 6.54 Å². The maximum absolute atomic E-state index is 12.0. The number of carboxylic acid groups (broad SMARTS) is 1. The number of thiophene rings is 1. The van der Waals surface area contributed by atoms with Crippen LogP contribution < -0.4 is 0 Å². The standard InChI is InChI=1S/C13H16N2O3S/c1-3-5-15(9-13(17)18)8-12(16)14(2)7-11-4-6-19-10-11/h1,4,6,10H,5,7-9H2,2H3,(H,17,18). The Labute approximate surface area is 116 Å². The van der Waals surface area contributed by atoms with Crippen molar-refractivity contribution >= 4 is 23.2 Å². The Kier molecular flexibility index (Phi) is 6.06. The van der Waals surface area contributed by atoms with E-state index in [2.05, 4.69) is 5.92 Å². The van der Waals surface area contributed by atoms with Gasteiger partial charge < -0.3 is 10.0 Å². The molecular formula is C13H16N2O3S. The zero-order chi connectivity index (χ0) is 14.3. The van der Waals surface area contributed by atoms with Crippen LogP contribution in [0.4, 0.5) is 0 Å². The van der Waals surface area contributed by atoms with Gasteiger partial charge in [-0.15, -0.1) is 6.42 Å². The third-order valence-electron chi connectivity index (χ3n) is 2.46. The molecule has 0 bridgehead atoms. The SMILES string of the molecule is C#CCN(CC(=O)O)CC(=O)N(C)Cc1ccsc1. The first-order valence-electron chi connectivity index (χ1n) is 5.65. The van der Waals surface area contributed by atoms with E-state index in [1.54, 1.807) is 23.3 Å². The van der Waals surface area contributed by atoms with E-state index in [0.29, 0.717) is 6.54 Å². The average Bonchev–Trinajstić information content (AvgIpc) is 2.81. The zero-order valence-electron chi connectivity index (χ0n) is 10.7. The molecule has 0 saturated carbocycles. The predicted octanol–water partition coefficient (Wildman–Crippen LogP) is 0.726. The van der Waals surface area contributed by atoms with Crippen LogP contribution in [0.25, 0.3) is 0 Å². The molecule has 1 aromatic heterocycles. The van der Waals surface area contributed by atoms with Crippen LogP contribution in [0, 0.1) is 12.3 Å². The van der Waals surface area contributed by atoms with Crippen LogP contribution in [0.15, 0.2) is 16.8 Å². The van der Waals surface area contributed by atoms with Gasteiger partial charge in [-0.1, -0.05) is 5.92 Å². The van der Waals surface area contributed by atoms with E-state index < -0.39 is 5.97 Å². The quantitative estimate of drug-likeness (QED) is 0.748. The minimum Gasteiger partial charge on any atom is -0.480 e. The minimum atomic E-state index is -0.997. The summed E-state index contributed by atoms with van der Waals surface area (Å²) in [7, 11) is 1.69. The number of carbonyl (C=O) groups excluding carboxylic acids is 1. The fourth-order valence-electron chi connectivity index (χ4n) is 1.54. The lowest BCUT2D eigenvalue weighted by Gasteiger charge is -2.22. The highest BCUT2D eigenvalue weighted by Gasteiger charge is 2.16. The van der Waals surface area contributed by atoms with Gasteiger partial charge in [0.1, 0.15) is 0 Å². The summed E-state index contributed by atoms with van der Waals surface area (Å²) in [6.45, 7) is 0.434. The number of terminal acetylenes is 1. The number of amides is 1. The van der Waals surface area contributed by atoms with Crippen LogP contribution >= 0.6 is 11.3 Å². The van der Waals surface area contributed by atoms with E-state index in [1.807, 2.05) is 16.8 Å². The molecule has 6 heteroatoms. The van der Waals surface area contributed by atoms with Gasteiger partial charge in [0, 0.05) is 13.6 Å². The van der Waals surface area contributed by atoms with E-state index in [-0.39, 0.29) is 25.5 Å². The molecule has 0 aliphatic carbocycles. The van der Waals surface area contributed by atoms with E-state index in [0.717, 1.165) is 5.56 Å². The van der Waals surface area contributed by atoms with Crippen LogP contribution in [0.3, 0.4) is 0 Å². The predicted molar refractivity (Wildman–Crippen MR) is 73.7 cm³/mol. The number of carboxylic acids is 1. The largest absolute Gasteiger partial charge is 0.480 e. The van der Waals surface area contributed by atoms with Crippen molar-refractivity contribution in [2.24, 2.45) is 0 Å². The van der Waals surface area contributed by atoms with Gasteiger partial charge in [-0.05, 0) is 22.4 Å². The normalized spacial score (nSPS) is 10.2. The van der Waals surface area contributed by atoms with Gasteiger partial charge >= 0.3 is 5.97 Å². The summed E-state index contributed by atoms with van der Waals surface area (Å²) in [6.07, 6.45) is 5.16. The van der Waals surface area contributed by atoms with Crippen molar-refractivity contribution in [1.82, 2.24) is 9.80 Å². The van der Waals surface area contributed by atoms with Crippen LogP contribution in [0.5, 0.6) is 0 Å². The van der Waals surface area contributed by atoms with Gasteiger partial charge in [0.15, 0.2) is 0 Å². The highest BCUT2D eigenvalue weighted by molar-refractivity contribution is 7.07. The fourth-order valence-corrected chi connectivity index (χ4v) is 2.20. The lowest BCUT2D eigenvalue weighted by Crippen LogP contribution is -2.40. The summed E-state index contributed by atoms with van der Waals surface area (Å²) in [5.41, 5.74) is 1.06. The second-order valence-corrected chi connectivity index (χ2v) is 4.90. The Morgan fingerprint density at radius 1 is 1.47 bits per heavy atom. The number of hydrogen-bond acceptors (Lipinski definition) is 4. The average molecular weight is 280 g/mol. The molecular weight excluding hydrogens is 264 g/mol. The Bertz CT molecular complexity index is 465. The maximum atomic E-state index is 12.0. The molecule has 1 amide bonds. The maximum Gasteiger partial charge on any atom is 0.317 e. The molecule has 19 heavy (non-hydrogen) atoms. The van der Waals surface area contributed by atoms with Crippen LogP contribution in [-0.4, -0.2) is 53.5 Å². The number of nitrogens with zero attached hydrogens (tertiary/aromatic N) is 2. The Hall–Kier alpha value is -1.84. The summed E-state index contributed by atoms with van der Waals surface area (Å²) in [4.78, 5) is 25.6. The van der Waals surface area contributed by atoms with Crippen LogP contribution in [-0.2, 0) is 16.1 Å². The van der Waals surface area contributed by atoms with Crippen molar-refractivity contribution in [2.75, 3.05) is 26.7 Å². The van der Waals surface area contributed by atoms with E-state index >= 15 is 0 Å². The molecule has 0 saturated heterocycles. The van der Waals surface area contributed by atoms with E-state index in [9.17, 15) is 9.59 Å². The topological polar surface area (TPSA) is 60.9 Å². The lowest BCUT2D eigenvalue weighted by atomic mass is 10.3. The van der Waals surface area contributed by atoms with Gasteiger partial charge in [0.05, 0.1) is 19.6 Å². The molecule has 1 rings (SSSR count). The highest BCUT2D eigenvalue weighted by atomic mass is 32.1. The van der Waals surface area contributed by atoms with Gasteiger partial charge in [0.25, 0.3) is 0 Å². The molecule has 0 spiro atoms. The third-order valence-corrected chi connectivity index (χ3v) is 3.19. The van der Waals surface area contributed by atoms with Crippen molar-refractivity contribution < 1.29 is 14.7 Å². The van der Waals surface area contributed by atoms with Crippen molar-refractivity contribution in [3.05, 3.63) is 22.4 Å². The first-order valence-corrected chi connectivity index (χ1v) is 6.60. The summed E-state index contributed by atoms with van der Waals surface area (Å²) in [5, 5.41) is 12.7. The summed E-state index contributed by atoms with van der Waals surface area (Å²) in [5.74, 6) is 1.21. The van der Waals surface area contributed by atoms with E-state index in [4.69, 9.17) is 11.5 Å². The number of rotatable bonds is 7. The summed E-state index contributed by atoms with van der Waals surface area (Å²) < 4.78 is 0. The number of likely N-dealkylation sites (N-methyl/N-ethyl adjacent to an activating group) is 1. The number of hydrogen-bond donors (Lipinski definition) is 1. The Balaban J connectivity index is 2.51. The third kappa shape index (κ3) is 5.55. The minimum absolute atomic E-state index is 0.0110. The van der Waals surface area contributed by atoms with Crippen LogP contribution in [0.1, 0.15) is 5.56 Å². The van der Waals surface area contributed by atoms with Crippen LogP contribution in [0.2, 0.25) is 0 Å². The van der Waals surface area contributed by atoms with Gasteiger partial charge in [-0.25, -0.2) is 0 Å². The number of carbonyl (C=O) groups is 2. The Morgan fingerprint density at radius 2 is 2.21 bits per heavy atom. The van der Waals surface area contributed by atoms with Gasteiger partial charge in [-0.3, -0.25) is 14.5 Å². The molecule has 0 atom stereocenters. The summed E-state index contributed by atoms with van der Waals surface area (Å²) in [6, 6.07) is 1.95. The highest BCUT2D eigenvalue weighted by Crippen LogP contribution is 2.08. The molecule has 0 aliphatic rings. The second kappa shape index (κ2) is 7.56.